The molecule has 1 fully saturated rings. The van der Waals surface area contributed by atoms with Crippen LogP contribution in [0.1, 0.15) is 5.56 Å². The van der Waals surface area contributed by atoms with Gasteiger partial charge in [0.05, 0.1) is 12.6 Å². The summed E-state index contributed by atoms with van der Waals surface area (Å²) in [5.41, 5.74) is 1.64. The van der Waals surface area contributed by atoms with E-state index in [1.54, 1.807) is 6.07 Å². The van der Waals surface area contributed by atoms with E-state index in [1.807, 2.05) is 24.0 Å². The number of anilines is 1. The van der Waals surface area contributed by atoms with Crippen LogP contribution in [0, 0.1) is 18.3 Å². The SMILES string of the molecule is Cc1ccc(NC(=O)CN2CCNCC2C#N)cc1Cl. The molecule has 0 bridgehead atoms. The van der Waals surface area contributed by atoms with Crippen LogP contribution < -0.4 is 10.6 Å². The highest BCUT2D eigenvalue weighted by molar-refractivity contribution is 6.31. The fourth-order valence-corrected chi connectivity index (χ4v) is 2.30. The van der Waals surface area contributed by atoms with Crippen molar-refractivity contribution in [1.29, 1.82) is 5.26 Å². The molecule has 0 spiro atoms. The van der Waals surface area contributed by atoms with Crippen LogP contribution in [0.15, 0.2) is 18.2 Å². The Kier molecular flexibility index (Phi) is 4.96. The number of carbonyl (C=O) groups is 1. The van der Waals surface area contributed by atoms with E-state index >= 15 is 0 Å². The zero-order valence-electron chi connectivity index (χ0n) is 11.3. The van der Waals surface area contributed by atoms with Crippen molar-refractivity contribution in [2.24, 2.45) is 0 Å². The normalized spacial score (nSPS) is 19.4. The van der Waals surface area contributed by atoms with Crippen LogP contribution in [-0.4, -0.2) is 43.0 Å². The number of benzene rings is 1. The minimum absolute atomic E-state index is 0.132. The number of nitrogens with one attached hydrogen (secondary N) is 2. The van der Waals surface area contributed by atoms with Crippen molar-refractivity contribution in [1.82, 2.24) is 10.2 Å². The summed E-state index contributed by atoms with van der Waals surface area (Å²) in [6.45, 7) is 4.21. The van der Waals surface area contributed by atoms with Crippen LogP contribution in [0.3, 0.4) is 0 Å². The van der Waals surface area contributed by atoms with Crippen molar-refractivity contribution in [2.45, 2.75) is 13.0 Å². The number of halogens is 1. The van der Waals surface area contributed by atoms with Gasteiger partial charge < -0.3 is 10.6 Å². The average Bonchev–Trinajstić information content (AvgIpc) is 2.43. The first kappa shape index (κ1) is 14.8. The van der Waals surface area contributed by atoms with Crippen LogP contribution in [0.4, 0.5) is 5.69 Å². The lowest BCUT2D eigenvalue weighted by atomic mass is 10.2. The molecule has 1 aliphatic rings. The molecule has 2 rings (SSSR count). The molecule has 2 N–H and O–H groups in total. The van der Waals surface area contributed by atoms with Gasteiger partial charge in [0.2, 0.25) is 5.91 Å². The topological polar surface area (TPSA) is 68.2 Å². The van der Waals surface area contributed by atoms with Gasteiger partial charge in [-0.2, -0.15) is 5.26 Å². The van der Waals surface area contributed by atoms with Gasteiger partial charge in [-0.3, -0.25) is 9.69 Å². The van der Waals surface area contributed by atoms with Gasteiger partial charge in [-0.15, -0.1) is 0 Å². The molecule has 1 aromatic rings. The van der Waals surface area contributed by atoms with E-state index in [1.165, 1.54) is 0 Å². The van der Waals surface area contributed by atoms with Gasteiger partial charge in [-0.25, -0.2) is 0 Å². The lowest BCUT2D eigenvalue weighted by Gasteiger charge is -2.31. The second-order valence-electron chi connectivity index (χ2n) is 4.83. The van der Waals surface area contributed by atoms with E-state index in [0.29, 0.717) is 23.8 Å². The first-order valence-corrected chi connectivity index (χ1v) is 6.88. The average molecular weight is 293 g/mol. The van der Waals surface area contributed by atoms with E-state index in [9.17, 15) is 4.79 Å². The number of nitriles is 1. The maximum atomic E-state index is 12.0. The summed E-state index contributed by atoms with van der Waals surface area (Å²) in [4.78, 5) is 13.9. The van der Waals surface area contributed by atoms with Crippen LogP contribution >= 0.6 is 11.6 Å². The van der Waals surface area contributed by atoms with E-state index < -0.39 is 0 Å². The summed E-state index contributed by atoms with van der Waals surface area (Å²) in [6, 6.07) is 7.36. The largest absolute Gasteiger partial charge is 0.325 e. The van der Waals surface area contributed by atoms with Crippen molar-refractivity contribution in [2.75, 3.05) is 31.5 Å². The van der Waals surface area contributed by atoms with Gasteiger partial charge in [-0.1, -0.05) is 17.7 Å². The quantitative estimate of drug-likeness (QED) is 0.883. The van der Waals surface area contributed by atoms with Gasteiger partial charge in [0.25, 0.3) is 0 Å². The number of piperazine rings is 1. The molecular formula is C14H17ClN4O. The van der Waals surface area contributed by atoms with Gasteiger partial charge in [0, 0.05) is 30.3 Å². The monoisotopic (exact) mass is 292 g/mol. The highest BCUT2D eigenvalue weighted by Gasteiger charge is 2.23. The molecule has 1 aromatic carbocycles. The summed E-state index contributed by atoms with van der Waals surface area (Å²) >= 11 is 6.02. The van der Waals surface area contributed by atoms with Gasteiger partial charge in [-0.05, 0) is 24.6 Å². The summed E-state index contributed by atoms with van der Waals surface area (Å²) in [6.07, 6.45) is 0. The van der Waals surface area contributed by atoms with Crippen molar-refractivity contribution in [3.8, 4) is 6.07 Å². The maximum absolute atomic E-state index is 12.0. The second-order valence-corrected chi connectivity index (χ2v) is 5.24. The van der Waals surface area contributed by atoms with Gasteiger partial charge >= 0.3 is 0 Å². The number of rotatable bonds is 3. The summed E-state index contributed by atoms with van der Waals surface area (Å²) < 4.78 is 0. The third kappa shape index (κ3) is 3.70. The Morgan fingerprint density at radius 1 is 1.65 bits per heavy atom. The fourth-order valence-electron chi connectivity index (χ4n) is 2.12. The Morgan fingerprint density at radius 3 is 3.15 bits per heavy atom. The van der Waals surface area contributed by atoms with Crippen molar-refractivity contribution in [3.05, 3.63) is 28.8 Å². The summed E-state index contributed by atoms with van der Waals surface area (Å²) in [7, 11) is 0. The standard InChI is InChI=1S/C14H17ClN4O/c1-10-2-3-11(6-13(10)15)18-14(20)9-19-5-4-17-8-12(19)7-16/h2-3,6,12,17H,4-5,8-9H2,1H3,(H,18,20). The second kappa shape index (κ2) is 6.71. The predicted molar refractivity (Wildman–Crippen MR) is 78.7 cm³/mol. The number of aryl methyl sites for hydroxylation is 1. The van der Waals surface area contributed by atoms with Crippen LogP contribution in [-0.2, 0) is 4.79 Å². The van der Waals surface area contributed by atoms with E-state index in [2.05, 4.69) is 16.7 Å². The Hall–Kier alpha value is -1.61. The lowest BCUT2D eigenvalue weighted by molar-refractivity contribution is -0.117. The molecule has 20 heavy (non-hydrogen) atoms. The molecule has 1 saturated heterocycles. The molecule has 0 saturated carbocycles. The fraction of sp³-hybridized carbons (Fsp3) is 0.429. The highest BCUT2D eigenvalue weighted by Crippen LogP contribution is 2.19. The third-order valence-corrected chi connectivity index (χ3v) is 3.71. The summed E-state index contributed by atoms with van der Waals surface area (Å²) in [5, 5.41) is 15.6. The minimum atomic E-state index is -0.254. The zero-order valence-corrected chi connectivity index (χ0v) is 12.1. The molecule has 1 heterocycles. The number of nitrogens with zero attached hydrogens (tertiary/aromatic N) is 2. The Morgan fingerprint density at radius 2 is 2.45 bits per heavy atom. The van der Waals surface area contributed by atoms with Crippen molar-refractivity contribution in [3.63, 3.8) is 0 Å². The molecule has 5 nitrogen and oxygen atoms in total. The van der Waals surface area contributed by atoms with E-state index in [-0.39, 0.29) is 18.5 Å². The molecule has 6 heteroatoms. The van der Waals surface area contributed by atoms with Gasteiger partial charge in [0.15, 0.2) is 0 Å². The smallest absolute Gasteiger partial charge is 0.238 e. The maximum Gasteiger partial charge on any atom is 0.238 e. The number of hydrogen-bond acceptors (Lipinski definition) is 4. The molecule has 0 radical (unpaired) electrons. The van der Waals surface area contributed by atoms with Crippen LogP contribution in [0.5, 0.6) is 0 Å². The molecular weight excluding hydrogens is 276 g/mol. The summed E-state index contributed by atoms with van der Waals surface area (Å²) in [5.74, 6) is -0.132. The first-order valence-electron chi connectivity index (χ1n) is 6.50. The predicted octanol–water partition coefficient (Wildman–Crippen LogP) is 1.38. The first-order chi connectivity index (χ1) is 9.60. The molecule has 0 aliphatic carbocycles. The third-order valence-electron chi connectivity index (χ3n) is 3.31. The Balaban J connectivity index is 1.94. The van der Waals surface area contributed by atoms with Crippen LogP contribution in [0.25, 0.3) is 0 Å². The molecule has 1 aliphatic heterocycles. The zero-order chi connectivity index (χ0) is 14.5. The van der Waals surface area contributed by atoms with Crippen LogP contribution in [0.2, 0.25) is 5.02 Å². The van der Waals surface area contributed by atoms with Gasteiger partial charge in [0.1, 0.15) is 6.04 Å². The van der Waals surface area contributed by atoms with Crippen molar-refractivity contribution >= 4 is 23.2 Å². The molecule has 106 valence electrons. The molecule has 1 unspecified atom stereocenters. The van der Waals surface area contributed by atoms with Crippen molar-refractivity contribution < 1.29 is 4.79 Å². The minimum Gasteiger partial charge on any atom is -0.325 e. The molecule has 1 atom stereocenters. The van der Waals surface area contributed by atoms with E-state index in [0.717, 1.165) is 12.1 Å². The van der Waals surface area contributed by atoms with E-state index in [4.69, 9.17) is 16.9 Å². The lowest BCUT2D eigenvalue weighted by Crippen LogP contribution is -2.52. The Labute approximate surface area is 123 Å². The number of hydrogen-bond donors (Lipinski definition) is 2. The molecule has 1 amide bonds. The Bertz CT molecular complexity index is 540. The number of amides is 1. The number of carbonyl (C=O) groups excluding carboxylic acids is 1. The molecule has 0 aromatic heterocycles. The highest BCUT2D eigenvalue weighted by atomic mass is 35.5.